The van der Waals surface area contributed by atoms with Crippen LogP contribution in [0.15, 0.2) is 48.8 Å². The Morgan fingerprint density at radius 2 is 1.73 bits per heavy atom. The van der Waals surface area contributed by atoms with Gasteiger partial charge in [-0.1, -0.05) is 23.7 Å². The van der Waals surface area contributed by atoms with Crippen LogP contribution in [0, 0.1) is 18.6 Å². The van der Waals surface area contributed by atoms with Crippen molar-refractivity contribution in [2.75, 3.05) is 10.6 Å². The van der Waals surface area contributed by atoms with E-state index in [1.807, 2.05) is 19.1 Å². The molecule has 26 heavy (non-hydrogen) atoms. The lowest BCUT2D eigenvalue weighted by atomic mass is 10.2. The van der Waals surface area contributed by atoms with Gasteiger partial charge in [-0.05, 0) is 36.8 Å². The maximum atomic E-state index is 13.6. The number of nitrogens with zero attached hydrogens (tertiary/aromatic N) is 2. The molecule has 3 rings (SSSR count). The highest BCUT2D eigenvalue weighted by molar-refractivity contribution is 6.31. The normalized spacial score (nSPS) is 10.5. The van der Waals surface area contributed by atoms with Gasteiger partial charge in [-0.15, -0.1) is 0 Å². The van der Waals surface area contributed by atoms with E-state index in [1.165, 1.54) is 18.5 Å². The number of hydrogen-bond acceptors (Lipinski definition) is 4. The maximum Gasteiger partial charge on any atom is 0.258 e. The first kappa shape index (κ1) is 17.8. The van der Waals surface area contributed by atoms with Crippen LogP contribution in [0.4, 0.5) is 26.1 Å². The molecule has 1 amide bonds. The molecule has 0 aliphatic carbocycles. The molecule has 0 aliphatic heterocycles. The van der Waals surface area contributed by atoms with Crippen LogP contribution in [0.5, 0.6) is 0 Å². The molecular formula is C18H13ClF2N4O. The number of para-hydroxylation sites is 1. The average molecular weight is 375 g/mol. The monoisotopic (exact) mass is 374 g/mol. The maximum absolute atomic E-state index is 13.6. The number of carbonyl (C=O) groups is 1. The minimum absolute atomic E-state index is 0.0557. The van der Waals surface area contributed by atoms with Gasteiger partial charge in [-0.3, -0.25) is 4.79 Å². The summed E-state index contributed by atoms with van der Waals surface area (Å²) in [6.07, 6.45) is 2.50. The zero-order valence-electron chi connectivity index (χ0n) is 13.6. The van der Waals surface area contributed by atoms with Crippen LogP contribution in [0.3, 0.4) is 0 Å². The van der Waals surface area contributed by atoms with Crippen LogP contribution in [0.25, 0.3) is 0 Å². The third-order valence-electron chi connectivity index (χ3n) is 3.54. The van der Waals surface area contributed by atoms with Crippen molar-refractivity contribution in [2.24, 2.45) is 0 Å². The zero-order valence-corrected chi connectivity index (χ0v) is 14.3. The first-order chi connectivity index (χ1) is 12.4. The van der Waals surface area contributed by atoms with E-state index in [9.17, 15) is 13.6 Å². The van der Waals surface area contributed by atoms with Gasteiger partial charge in [-0.2, -0.15) is 0 Å². The van der Waals surface area contributed by atoms with E-state index in [0.29, 0.717) is 10.7 Å². The Bertz CT molecular complexity index is 944. The van der Waals surface area contributed by atoms with Crippen LogP contribution in [0.1, 0.15) is 15.9 Å². The topological polar surface area (TPSA) is 66.9 Å². The number of hydrogen-bond donors (Lipinski definition) is 2. The SMILES string of the molecule is Cc1ccc(Nc2ncc(C(=O)Nc3c(F)cccc3F)cn2)cc1Cl. The van der Waals surface area contributed by atoms with E-state index in [0.717, 1.165) is 17.7 Å². The van der Waals surface area contributed by atoms with Crippen molar-refractivity contribution in [3.63, 3.8) is 0 Å². The van der Waals surface area contributed by atoms with Gasteiger partial charge < -0.3 is 10.6 Å². The van der Waals surface area contributed by atoms with Gasteiger partial charge in [0.2, 0.25) is 5.95 Å². The second kappa shape index (κ2) is 7.45. The summed E-state index contributed by atoms with van der Waals surface area (Å²) in [6.45, 7) is 1.88. The highest BCUT2D eigenvalue weighted by Gasteiger charge is 2.14. The van der Waals surface area contributed by atoms with E-state index in [2.05, 4.69) is 20.6 Å². The highest BCUT2D eigenvalue weighted by Crippen LogP contribution is 2.22. The summed E-state index contributed by atoms with van der Waals surface area (Å²) in [5, 5.41) is 5.71. The summed E-state index contributed by atoms with van der Waals surface area (Å²) in [7, 11) is 0. The Morgan fingerprint density at radius 3 is 2.35 bits per heavy atom. The van der Waals surface area contributed by atoms with Crippen molar-refractivity contribution in [1.82, 2.24) is 9.97 Å². The number of aromatic nitrogens is 2. The summed E-state index contributed by atoms with van der Waals surface area (Å²) >= 11 is 6.05. The molecule has 0 saturated carbocycles. The van der Waals surface area contributed by atoms with Crippen molar-refractivity contribution < 1.29 is 13.6 Å². The smallest absolute Gasteiger partial charge is 0.258 e. The third-order valence-corrected chi connectivity index (χ3v) is 3.95. The van der Waals surface area contributed by atoms with Crippen molar-refractivity contribution in [2.45, 2.75) is 6.92 Å². The summed E-state index contributed by atoms with van der Waals surface area (Å²) in [5.74, 6) is -2.21. The zero-order chi connectivity index (χ0) is 18.7. The predicted octanol–water partition coefficient (Wildman–Crippen LogP) is 4.71. The van der Waals surface area contributed by atoms with Crippen molar-refractivity contribution in [3.05, 3.63) is 76.6 Å². The van der Waals surface area contributed by atoms with Gasteiger partial charge in [0, 0.05) is 23.1 Å². The lowest BCUT2D eigenvalue weighted by Gasteiger charge is -2.08. The molecule has 8 heteroatoms. The molecule has 2 aromatic carbocycles. The third kappa shape index (κ3) is 3.94. The van der Waals surface area contributed by atoms with Crippen LogP contribution in [0.2, 0.25) is 5.02 Å². The molecule has 5 nitrogen and oxygen atoms in total. The number of benzene rings is 2. The molecular weight excluding hydrogens is 362 g/mol. The molecule has 0 fully saturated rings. The number of nitrogens with one attached hydrogen (secondary N) is 2. The summed E-state index contributed by atoms with van der Waals surface area (Å²) in [4.78, 5) is 20.1. The van der Waals surface area contributed by atoms with Gasteiger partial charge in [-0.25, -0.2) is 18.7 Å². The van der Waals surface area contributed by atoms with Crippen molar-refractivity contribution in [3.8, 4) is 0 Å². The first-order valence-corrected chi connectivity index (χ1v) is 7.92. The van der Waals surface area contributed by atoms with E-state index in [-0.39, 0.29) is 11.5 Å². The molecule has 0 aliphatic rings. The Kier molecular flexibility index (Phi) is 5.09. The fourth-order valence-electron chi connectivity index (χ4n) is 2.11. The minimum Gasteiger partial charge on any atom is -0.324 e. The Hall–Kier alpha value is -3.06. The lowest BCUT2D eigenvalue weighted by Crippen LogP contribution is -2.15. The van der Waals surface area contributed by atoms with Gasteiger partial charge >= 0.3 is 0 Å². The van der Waals surface area contributed by atoms with Gasteiger partial charge in [0.25, 0.3) is 5.91 Å². The molecule has 1 aromatic heterocycles. The van der Waals surface area contributed by atoms with E-state index in [1.54, 1.807) is 6.07 Å². The molecule has 3 aromatic rings. The van der Waals surface area contributed by atoms with Crippen molar-refractivity contribution in [1.29, 1.82) is 0 Å². The van der Waals surface area contributed by atoms with Crippen LogP contribution in [-0.4, -0.2) is 15.9 Å². The fourth-order valence-corrected chi connectivity index (χ4v) is 2.29. The molecule has 0 saturated heterocycles. The minimum atomic E-state index is -0.867. The molecule has 0 unspecified atom stereocenters. The number of rotatable bonds is 4. The molecule has 0 atom stereocenters. The lowest BCUT2D eigenvalue weighted by molar-refractivity contribution is 0.102. The highest BCUT2D eigenvalue weighted by atomic mass is 35.5. The second-order valence-corrected chi connectivity index (χ2v) is 5.84. The average Bonchev–Trinajstić information content (AvgIpc) is 2.62. The van der Waals surface area contributed by atoms with Gasteiger partial charge in [0.1, 0.15) is 17.3 Å². The van der Waals surface area contributed by atoms with Crippen LogP contribution in [-0.2, 0) is 0 Å². The number of halogens is 3. The number of amides is 1. The molecule has 0 radical (unpaired) electrons. The van der Waals surface area contributed by atoms with E-state index in [4.69, 9.17) is 11.6 Å². The largest absolute Gasteiger partial charge is 0.324 e. The molecule has 1 heterocycles. The standard InChI is InChI=1S/C18H13ClF2N4O/c1-10-5-6-12(7-13(10)19)24-18-22-8-11(9-23-18)17(26)25-16-14(20)3-2-4-15(16)21/h2-9H,1H3,(H,25,26)(H,22,23,24). The van der Waals surface area contributed by atoms with Crippen LogP contribution < -0.4 is 10.6 Å². The molecule has 0 spiro atoms. The second-order valence-electron chi connectivity index (χ2n) is 5.44. The van der Waals surface area contributed by atoms with Crippen LogP contribution >= 0.6 is 11.6 Å². The number of anilines is 3. The fraction of sp³-hybridized carbons (Fsp3) is 0.0556. The van der Waals surface area contributed by atoms with E-state index < -0.39 is 23.2 Å². The quantitative estimate of drug-likeness (QED) is 0.694. The van der Waals surface area contributed by atoms with Gasteiger partial charge in [0.05, 0.1) is 5.56 Å². The number of aryl methyl sites for hydroxylation is 1. The summed E-state index contributed by atoms with van der Waals surface area (Å²) in [6, 6.07) is 8.69. The summed E-state index contributed by atoms with van der Waals surface area (Å²) in [5.41, 5.74) is 1.16. The molecule has 2 N–H and O–H groups in total. The predicted molar refractivity (Wildman–Crippen MR) is 95.8 cm³/mol. The molecule has 0 bridgehead atoms. The first-order valence-electron chi connectivity index (χ1n) is 7.54. The Balaban J connectivity index is 1.72. The summed E-state index contributed by atoms with van der Waals surface area (Å²) < 4.78 is 27.2. The van der Waals surface area contributed by atoms with E-state index >= 15 is 0 Å². The van der Waals surface area contributed by atoms with Crippen molar-refractivity contribution >= 4 is 34.8 Å². The number of carbonyl (C=O) groups excluding carboxylic acids is 1. The Morgan fingerprint density at radius 1 is 1.08 bits per heavy atom. The van der Waals surface area contributed by atoms with Gasteiger partial charge in [0.15, 0.2) is 0 Å². The molecule has 132 valence electrons. The Labute approximate surface area is 153 Å².